The van der Waals surface area contributed by atoms with Crippen LogP contribution in [0.2, 0.25) is 0 Å². The number of carbonyl (C=O) groups excluding carboxylic acids is 1. The smallest absolute Gasteiger partial charge is 0.420 e. The molecule has 2 aromatic carbocycles. The van der Waals surface area contributed by atoms with Gasteiger partial charge in [-0.3, -0.25) is 4.79 Å². The third-order valence-corrected chi connectivity index (χ3v) is 7.96. The van der Waals surface area contributed by atoms with Crippen molar-refractivity contribution in [3.63, 3.8) is 0 Å². The lowest BCUT2D eigenvalue weighted by Crippen LogP contribution is -2.69. The van der Waals surface area contributed by atoms with Crippen molar-refractivity contribution in [2.45, 2.75) is 36.8 Å². The lowest BCUT2D eigenvalue weighted by molar-refractivity contribution is -0.267. The summed E-state index contributed by atoms with van der Waals surface area (Å²) in [6, 6.07) is 9.50. The molecule has 0 radical (unpaired) electrons. The van der Waals surface area contributed by atoms with E-state index in [-0.39, 0.29) is 29.1 Å². The number of hydrogen-bond donors (Lipinski definition) is 2. The summed E-state index contributed by atoms with van der Waals surface area (Å²) in [5, 5.41) is 12.6. The second-order valence-corrected chi connectivity index (χ2v) is 10.5. The highest BCUT2D eigenvalue weighted by Gasteiger charge is 2.61. The minimum absolute atomic E-state index is 0.0654. The SMILES string of the molecule is O=C1NC[C@@H]2C[C@H](c3c(OC(F)F)cccc31)n1c2nc2ccc(-c3cnc(N4CC(O)(C(F)(F)F)C4)nc3)cc21. The number of benzene rings is 2. The maximum atomic E-state index is 13.3. The number of nitrogens with zero attached hydrogens (tertiary/aromatic N) is 5. The number of nitrogens with one attached hydrogen (secondary N) is 1. The first-order valence-electron chi connectivity index (χ1n) is 12.8. The monoisotopic (exact) mass is 572 g/mol. The van der Waals surface area contributed by atoms with Gasteiger partial charge in [-0.1, -0.05) is 12.1 Å². The van der Waals surface area contributed by atoms with Crippen molar-refractivity contribution in [1.29, 1.82) is 0 Å². The van der Waals surface area contributed by atoms with Gasteiger partial charge in [-0.05, 0) is 36.2 Å². The molecule has 0 aliphatic carbocycles. The van der Waals surface area contributed by atoms with Crippen LogP contribution in [-0.4, -0.2) is 68.6 Å². The normalized spacial score (nSPS) is 21.1. The summed E-state index contributed by atoms with van der Waals surface area (Å²) in [6.07, 6.45) is -1.25. The van der Waals surface area contributed by atoms with Gasteiger partial charge in [-0.15, -0.1) is 0 Å². The fourth-order valence-electron chi connectivity index (χ4n) is 5.94. The molecule has 0 unspecified atom stereocenters. The Bertz CT molecular complexity index is 1680. The van der Waals surface area contributed by atoms with Crippen molar-refractivity contribution >= 4 is 22.9 Å². The Morgan fingerprint density at radius 2 is 1.85 bits per heavy atom. The second kappa shape index (κ2) is 8.83. The van der Waals surface area contributed by atoms with E-state index in [4.69, 9.17) is 9.72 Å². The molecule has 14 heteroatoms. The Morgan fingerprint density at radius 3 is 2.56 bits per heavy atom. The van der Waals surface area contributed by atoms with E-state index in [1.54, 1.807) is 6.07 Å². The Hall–Kier alpha value is -4.33. The number of imidazole rings is 1. The summed E-state index contributed by atoms with van der Waals surface area (Å²) < 4.78 is 72.3. The maximum Gasteiger partial charge on any atom is 0.420 e. The molecule has 2 N–H and O–H groups in total. The van der Waals surface area contributed by atoms with Crippen molar-refractivity contribution in [1.82, 2.24) is 24.8 Å². The van der Waals surface area contributed by atoms with E-state index < -0.39 is 37.5 Å². The number of β-amino-alcohol motifs (C(OH)–C–C–N with tert-alkyl or cyclic N) is 1. The highest BCUT2D eigenvalue weighted by atomic mass is 19.4. The summed E-state index contributed by atoms with van der Waals surface area (Å²) in [6.45, 7) is -4.04. The molecule has 41 heavy (non-hydrogen) atoms. The molecule has 0 saturated carbocycles. The van der Waals surface area contributed by atoms with Crippen LogP contribution in [0.4, 0.5) is 27.9 Å². The number of aromatic nitrogens is 4. The number of carbonyl (C=O) groups is 1. The van der Waals surface area contributed by atoms with Gasteiger partial charge in [0.1, 0.15) is 11.6 Å². The zero-order valence-electron chi connectivity index (χ0n) is 21.1. The van der Waals surface area contributed by atoms with Gasteiger partial charge in [0.2, 0.25) is 5.95 Å². The quantitative estimate of drug-likeness (QED) is 0.356. The number of hydrogen-bond acceptors (Lipinski definition) is 7. The molecular formula is C27H21F5N6O3. The van der Waals surface area contributed by atoms with E-state index in [1.807, 2.05) is 22.8 Å². The van der Waals surface area contributed by atoms with Crippen molar-refractivity contribution < 1.29 is 36.6 Å². The number of anilines is 1. The third-order valence-electron chi connectivity index (χ3n) is 7.96. The first kappa shape index (κ1) is 25.6. The number of alkyl halides is 5. The molecule has 2 bridgehead atoms. The summed E-state index contributed by atoms with van der Waals surface area (Å²) in [7, 11) is 0. The van der Waals surface area contributed by atoms with Crippen LogP contribution in [0, 0.1) is 0 Å². The highest BCUT2D eigenvalue weighted by molar-refractivity contribution is 5.97. The number of halogens is 5. The van der Waals surface area contributed by atoms with Gasteiger partial charge in [0, 0.05) is 41.5 Å². The van der Waals surface area contributed by atoms with Crippen molar-refractivity contribution in [3.05, 3.63) is 65.7 Å². The number of rotatable bonds is 4. The van der Waals surface area contributed by atoms with Crippen LogP contribution < -0.4 is 15.0 Å². The molecule has 7 rings (SSSR count). The van der Waals surface area contributed by atoms with Gasteiger partial charge >= 0.3 is 12.8 Å². The number of ether oxygens (including phenoxy) is 1. The summed E-state index contributed by atoms with van der Waals surface area (Å²) >= 11 is 0. The molecule has 4 aromatic rings. The summed E-state index contributed by atoms with van der Waals surface area (Å²) in [4.78, 5) is 27.3. The second-order valence-electron chi connectivity index (χ2n) is 10.5. The van der Waals surface area contributed by atoms with Gasteiger partial charge in [0.25, 0.3) is 5.91 Å². The van der Waals surface area contributed by atoms with Crippen LogP contribution in [0.15, 0.2) is 48.8 Å². The van der Waals surface area contributed by atoms with Crippen LogP contribution in [-0.2, 0) is 0 Å². The molecule has 9 nitrogen and oxygen atoms in total. The minimum atomic E-state index is -4.74. The molecule has 3 aliphatic heterocycles. The van der Waals surface area contributed by atoms with Crippen molar-refractivity contribution in [2.75, 3.05) is 24.5 Å². The van der Waals surface area contributed by atoms with Crippen molar-refractivity contribution in [2.24, 2.45) is 0 Å². The molecule has 0 spiro atoms. The van der Waals surface area contributed by atoms with E-state index in [2.05, 4.69) is 15.3 Å². The molecule has 5 heterocycles. The Labute approximate surface area is 228 Å². The lowest BCUT2D eigenvalue weighted by Gasteiger charge is -2.46. The molecule has 3 aliphatic rings. The molecular weight excluding hydrogens is 551 g/mol. The number of amides is 1. The molecule has 212 valence electrons. The molecule has 1 amide bonds. The van der Waals surface area contributed by atoms with E-state index in [0.717, 1.165) is 0 Å². The zero-order valence-corrected chi connectivity index (χ0v) is 21.1. The molecule has 2 aromatic heterocycles. The average Bonchev–Trinajstić information content (AvgIpc) is 3.46. The van der Waals surface area contributed by atoms with Crippen LogP contribution in [0.3, 0.4) is 0 Å². The van der Waals surface area contributed by atoms with E-state index in [1.165, 1.54) is 29.4 Å². The minimum Gasteiger partial charge on any atom is -0.434 e. The predicted octanol–water partition coefficient (Wildman–Crippen LogP) is 4.03. The van der Waals surface area contributed by atoms with E-state index in [9.17, 15) is 31.9 Å². The Kier molecular flexibility index (Phi) is 5.52. The van der Waals surface area contributed by atoms with Crippen molar-refractivity contribution in [3.8, 4) is 16.9 Å². The summed E-state index contributed by atoms with van der Waals surface area (Å²) in [5.74, 6) is 0.177. The number of aliphatic hydroxyl groups is 1. The largest absolute Gasteiger partial charge is 0.434 e. The van der Waals surface area contributed by atoms with Gasteiger partial charge < -0.3 is 24.6 Å². The van der Waals surface area contributed by atoms with Gasteiger partial charge in [0.05, 0.1) is 30.2 Å². The molecule has 2 atom stereocenters. The molecule has 1 saturated heterocycles. The summed E-state index contributed by atoms with van der Waals surface area (Å²) in [5.41, 5.74) is 0.502. The first-order valence-corrected chi connectivity index (χ1v) is 12.8. The van der Waals surface area contributed by atoms with Crippen LogP contribution >= 0.6 is 0 Å². The topological polar surface area (TPSA) is 105 Å². The van der Waals surface area contributed by atoms with Gasteiger partial charge in [-0.25, -0.2) is 15.0 Å². The maximum absolute atomic E-state index is 13.3. The predicted molar refractivity (Wildman–Crippen MR) is 135 cm³/mol. The average molecular weight is 572 g/mol. The number of fused-ring (bicyclic) bond motifs is 9. The third kappa shape index (κ3) is 3.99. The van der Waals surface area contributed by atoms with Crippen LogP contribution in [0.5, 0.6) is 5.75 Å². The van der Waals surface area contributed by atoms with E-state index in [0.29, 0.717) is 46.5 Å². The Morgan fingerprint density at radius 1 is 1.10 bits per heavy atom. The first-order chi connectivity index (χ1) is 19.5. The van der Waals surface area contributed by atoms with E-state index >= 15 is 0 Å². The van der Waals surface area contributed by atoms with Crippen LogP contribution in [0.1, 0.15) is 40.1 Å². The fraction of sp³-hybridized carbons (Fsp3) is 0.333. The standard InChI is InChI=1S/C27H21F5N6O3/c28-24(29)41-20-3-1-2-16-21(20)19-7-14(8-33-23(16)39)22-36-17-5-4-13(6-18(17)38(19)22)15-9-34-25(35-10-15)37-11-26(40,12-37)27(30,31)32/h1-6,9-10,14,19,24,40H,7-8,11-12H2,(H,33,39)/t14-,19+/m0/s1. The van der Waals surface area contributed by atoms with Crippen LogP contribution in [0.25, 0.3) is 22.2 Å². The van der Waals surface area contributed by atoms with Gasteiger partial charge in [0.15, 0.2) is 5.60 Å². The van der Waals surface area contributed by atoms with Gasteiger partial charge in [-0.2, -0.15) is 22.0 Å². The Balaban J connectivity index is 1.26. The highest BCUT2D eigenvalue weighted by Crippen LogP contribution is 2.47. The zero-order chi connectivity index (χ0) is 28.7. The molecule has 1 fully saturated rings. The fourth-order valence-corrected chi connectivity index (χ4v) is 5.94. The lowest BCUT2D eigenvalue weighted by atomic mass is 9.91.